The Bertz CT molecular complexity index is 1080. The maximum Gasteiger partial charge on any atom is 0.257 e. The van der Waals surface area contributed by atoms with Gasteiger partial charge < -0.3 is 20.5 Å². The molecule has 0 bridgehead atoms. The summed E-state index contributed by atoms with van der Waals surface area (Å²) in [7, 11) is 0. The topological polar surface area (TPSA) is 114 Å². The number of hydrogen-bond acceptors (Lipinski definition) is 6. The summed E-state index contributed by atoms with van der Waals surface area (Å²) >= 11 is 0. The van der Waals surface area contributed by atoms with Crippen molar-refractivity contribution in [1.29, 1.82) is 0 Å². The van der Waals surface area contributed by atoms with Crippen LogP contribution >= 0.6 is 0 Å². The molecule has 0 spiro atoms. The van der Waals surface area contributed by atoms with Gasteiger partial charge >= 0.3 is 0 Å². The molecule has 29 heavy (non-hydrogen) atoms. The number of nitrogens with zero attached hydrogens (tertiary/aromatic N) is 3. The van der Waals surface area contributed by atoms with Crippen LogP contribution in [0.4, 0.5) is 11.4 Å². The number of carbonyl (C=O) groups is 2. The van der Waals surface area contributed by atoms with Crippen molar-refractivity contribution in [3.63, 3.8) is 0 Å². The molecule has 2 aromatic heterocycles. The average Bonchev–Trinajstić information content (AvgIpc) is 3.37. The van der Waals surface area contributed by atoms with Crippen LogP contribution in [0.15, 0.2) is 35.0 Å². The molecule has 150 valence electrons. The molecule has 0 radical (unpaired) electrons. The zero-order chi connectivity index (χ0) is 20.5. The lowest BCUT2D eigenvalue weighted by Gasteiger charge is -2.22. The molecule has 0 unspecified atom stereocenters. The first-order chi connectivity index (χ1) is 13.9. The van der Waals surface area contributed by atoms with Crippen molar-refractivity contribution in [3.05, 3.63) is 47.3 Å². The summed E-state index contributed by atoms with van der Waals surface area (Å²) in [5.41, 5.74) is 8.76. The monoisotopic (exact) mass is 393 g/mol. The van der Waals surface area contributed by atoms with Gasteiger partial charge in [-0.15, -0.1) is 0 Å². The molecule has 1 saturated heterocycles. The summed E-state index contributed by atoms with van der Waals surface area (Å²) in [5.74, 6) is -0.717. The number of pyridine rings is 1. The molecule has 3 heterocycles. The van der Waals surface area contributed by atoms with Crippen molar-refractivity contribution in [3.8, 4) is 0 Å². The Hall–Kier alpha value is -3.42. The van der Waals surface area contributed by atoms with E-state index in [0.717, 1.165) is 42.7 Å². The van der Waals surface area contributed by atoms with Gasteiger partial charge in [0.2, 0.25) is 5.91 Å². The highest BCUT2D eigenvalue weighted by Gasteiger charge is 2.20. The number of carbonyl (C=O) groups excluding carboxylic acids is 2. The number of anilines is 2. The van der Waals surface area contributed by atoms with Crippen molar-refractivity contribution >= 4 is 34.3 Å². The lowest BCUT2D eigenvalue weighted by molar-refractivity contribution is 0.0996. The number of nitrogens with two attached hydrogens (primary N) is 1. The van der Waals surface area contributed by atoms with E-state index in [9.17, 15) is 9.59 Å². The van der Waals surface area contributed by atoms with E-state index in [-0.39, 0.29) is 11.8 Å². The molecule has 2 amide bonds. The molecule has 3 N–H and O–H groups in total. The number of hydrogen-bond donors (Lipinski definition) is 2. The molecule has 8 nitrogen and oxygen atoms in total. The highest BCUT2D eigenvalue weighted by Crippen LogP contribution is 2.31. The summed E-state index contributed by atoms with van der Waals surface area (Å²) in [6.45, 7) is 5.82. The molecular weight excluding hydrogens is 370 g/mol. The van der Waals surface area contributed by atoms with Crippen molar-refractivity contribution < 1.29 is 14.1 Å². The number of rotatable bonds is 5. The first-order valence-electron chi connectivity index (χ1n) is 9.69. The fourth-order valence-electron chi connectivity index (χ4n) is 3.61. The lowest BCUT2D eigenvalue weighted by Crippen LogP contribution is -2.22. The molecule has 1 fully saturated rings. The third-order valence-corrected chi connectivity index (χ3v) is 5.14. The Morgan fingerprint density at radius 1 is 1.17 bits per heavy atom. The molecule has 0 aliphatic carbocycles. The summed E-state index contributed by atoms with van der Waals surface area (Å²) in [4.78, 5) is 31.0. The molecule has 1 aliphatic heterocycles. The molecule has 0 saturated carbocycles. The summed E-state index contributed by atoms with van der Waals surface area (Å²) < 4.78 is 5.24. The van der Waals surface area contributed by atoms with E-state index < -0.39 is 5.91 Å². The molecular formula is C21H23N5O3. The minimum absolute atomic E-state index is 0.144. The zero-order valence-corrected chi connectivity index (χ0v) is 16.4. The first kappa shape index (κ1) is 18.9. The third kappa shape index (κ3) is 3.65. The quantitative estimate of drug-likeness (QED) is 0.687. The van der Waals surface area contributed by atoms with Gasteiger partial charge in [-0.2, -0.15) is 0 Å². The van der Waals surface area contributed by atoms with E-state index in [1.54, 1.807) is 18.2 Å². The van der Waals surface area contributed by atoms with Crippen LogP contribution in [-0.4, -0.2) is 35.0 Å². The van der Waals surface area contributed by atoms with Crippen LogP contribution in [0.1, 0.15) is 59.0 Å². The van der Waals surface area contributed by atoms with E-state index in [1.165, 1.54) is 6.20 Å². The average molecular weight is 393 g/mol. The van der Waals surface area contributed by atoms with Crippen molar-refractivity contribution in [2.75, 3.05) is 23.3 Å². The van der Waals surface area contributed by atoms with Crippen molar-refractivity contribution in [2.45, 2.75) is 32.6 Å². The Kier molecular flexibility index (Phi) is 4.92. The van der Waals surface area contributed by atoms with Gasteiger partial charge in [0.15, 0.2) is 0 Å². The zero-order valence-electron chi connectivity index (χ0n) is 16.4. The second-order valence-corrected chi connectivity index (χ2v) is 7.54. The summed E-state index contributed by atoms with van der Waals surface area (Å²) in [5, 5.41) is 7.70. The molecule has 3 aromatic rings. The predicted molar refractivity (Wildman–Crippen MR) is 110 cm³/mol. The van der Waals surface area contributed by atoms with Gasteiger partial charge in [-0.1, -0.05) is 19.0 Å². The van der Waals surface area contributed by atoms with E-state index in [1.807, 2.05) is 19.9 Å². The molecule has 0 atom stereocenters. The van der Waals surface area contributed by atoms with Crippen LogP contribution in [0.5, 0.6) is 0 Å². The number of primary amides is 1. The van der Waals surface area contributed by atoms with Crippen LogP contribution < -0.4 is 16.0 Å². The highest BCUT2D eigenvalue weighted by molar-refractivity contribution is 6.08. The van der Waals surface area contributed by atoms with E-state index in [4.69, 9.17) is 10.3 Å². The van der Waals surface area contributed by atoms with E-state index >= 15 is 0 Å². The van der Waals surface area contributed by atoms with Crippen LogP contribution in [0.3, 0.4) is 0 Å². The number of amides is 2. The van der Waals surface area contributed by atoms with Crippen LogP contribution in [-0.2, 0) is 0 Å². The van der Waals surface area contributed by atoms with E-state index in [2.05, 4.69) is 20.4 Å². The van der Waals surface area contributed by atoms with Gasteiger partial charge in [-0.25, -0.2) is 4.98 Å². The maximum atomic E-state index is 13.0. The Morgan fingerprint density at radius 2 is 1.93 bits per heavy atom. The van der Waals surface area contributed by atoms with Gasteiger partial charge in [0.25, 0.3) is 11.6 Å². The van der Waals surface area contributed by atoms with Gasteiger partial charge in [0.05, 0.1) is 28.0 Å². The number of nitrogens with one attached hydrogen (secondary N) is 1. The number of aromatic nitrogens is 2. The summed E-state index contributed by atoms with van der Waals surface area (Å²) in [6.07, 6.45) is 3.65. The second kappa shape index (κ2) is 7.54. The van der Waals surface area contributed by atoms with Crippen LogP contribution in [0, 0.1) is 0 Å². The highest BCUT2D eigenvalue weighted by atomic mass is 16.5. The standard InChI is InChI=1S/C21H23N5O3/c1-12(2)18-15-9-14(11-23-21(15)29-25-18)20(28)24-16-10-13(19(22)27)5-6-17(16)26-7-3-4-8-26/h5-6,9-12H,3-4,7-8H2,1-2H3,(H2,22,27)(H,24,28). The fraction of sp³-hybridized carbons (Fsp3) is 0.333. The van der Waals surface area contributed by atoms with Crippen LogP contribution in [0.25, 0.3) is 11.1 Å². The molecule has 1 aromatic carbocycles. The fourth-order valence-corrected chi connectivity index (χ4v) is 3.61. The first-order valence-corrected chi connectivity index (χ1v) is 9.69. The second-order valence-electron chi connectivity index (χ2n) is 7.54. The Labute approximate surface area is 168 Å². The minimum atomic E-state index is -0.539. The Balaban J connectivity index is 1.68. The van der Waals surface area contributed by atoms with Gasteiger partial charge in [-0.05, 0) is 43.0 Å². The number of benzene rings is 1. The van der Waals surface area contributed by atoms with Crippen LogP contribution in [0.2, 0.25) is 0 Å². The normalized spacial score (nSPS) is 14.0. The smallest absolute Gasteiger partial charge is 0.257 e. The molecule has 8 heteroatoms. The predicted octanol–water partition coefficient (Wildman–Crippen LogP) is 3.30. The minimum Gasteiger partial charge on any atom is -0.370 e. The largest absolute Gasteiger partial charge is 0.370 e. The van der Waals surface area contributed by atoms with Gasteiger partial charge in [-0.3, -0.25) is 9.59 Å². The van der Waals surface area contributed by atoms with Gasteiger partial charge in [0, 0.05) is 24.8 Å². The lowest BCUT2D eigenvalue weighted by atomic mass is 10.1. The number of fused-ring (bicyclic) bond motifs is 1. The van der Waals surface area contributed by atoms with Gasteiger partial charge in [0.1, 0.15) is 0 Å². The Morgan fingerprint density at radius 3 is 2.62 bits per heavy atom. The third-order valence-electron chi connectivity index (χ3n) is 5.14. The molecule has 4 rings (SSSR count). The van der Waals surface area contributed by atoms with E-state index in [0.29, 0.717) is 22.5 Å². The molecule has 1 aliphatic rings. The van der Waals surface area contributed by atoms with Crippen molar-refractivity contribution in [2.24, 2.45) is 5.73 Å². The SMILES string of the molecule is CC(C)c1noc2ncc(C(=O)Nc3cc(C(N)=O)ccc3N3CCCC3)cc12. The summed E-state index contributed by atoms with van der Waals surface area (Å²) in [6, 6.07) is 6.88. The maximum absolute atomic E-state index is 13.0. The van der Waals surface area contributed by atoms with Crippen molar-refractivity contribution in [1.82, 2.24) is 10.1 Å².